The number of anilines is 1. The summed E-state index contributed by atoms with van der Waals surface area (Å²) >= 11 is 5.68. The highest BCUT2D eigenvalue weighted by Crippen LogP contribution is 2.40. The average molecular weight is 481 g/mol. The number of carbonyl (C=O) groups excluding carboxylic acids is 2. The minimum absolute atomic E-state index is 0.00739. The summed E-state index contributed by atoms with van der Waals surface area (Å²) in [5.41, 5.74) is 3.60. The van der Waals surface area contributed by atoms with E-state index in [1.54, 1.807) is 24.5 Å². The molecule has 0 atom stereocenters. The summed E-state index contributed by atoms with van der Waals surface area (Å²) < 4.78 is 5.16. The molecule has 180 valence electrons. The van der Waals surface area contributed by atoms with Crippen LogP contribution in [-0.2, 0) is 9.59 Å². The number of nitrogens with zero attached hydrogens (tertiary/aromatic N) is 2. The van der Waals surface area contributed by atoms with Gasteiger partial charge in [-0.15, -0.1) is 0 Å². The van der Waals surface area contributed by atoms with Crippen molar-refractivity contribution in [1.29, 1.82) is 0 Å². The van der Waals surface area contributed by atoms with E-state index < -0.39 is 0 Å². The lowest BCUT2D eigenvalue weighted by molar-refractivity contribution is -0.131. The van der Waals surface area contributed by atoms with Crippen LogP contribution in [0.5, 0.6) is 0 Å². The largest absolute Gasteiger partial charge is 0.465 e. The standard InChI is InChI=1S/C26H32N4O3S/c1-19-14-20(2)16-21(15-19)28-25(34)29-10-7-26(8-11-29)9-12-30(18-26)24(32)17-27-23(31)6-5-22-4-3-13-33-22/h3-6,13-16H,7-12,17-18H2,1-2H3,(H,27,31)(H,28,34). The van der Waals surface area contributed by atoms with Gasteiger partial charge in [-0.05, 0) is 92.2 Å². The van der Waals surface area contributed by atoms with Gasteiger partial charge in [-0.25, -0.2) is 0 Å². The van der Waals surface area contributed by atoms with Crippen molar-refractivity contribution in [2.45, 2.75) is 33.1 Å². The maximum Gasteiger partial charge on any atom is 0.244 e. The molecule has 1 aromatic carbocycles. The highest BCUT2D eigenvalue weighted by atomic mass is 32.1. The fraction of sp³-hybridized carbons (Fsp3) is 0.423. The van der Waals surface area contributed by atoms with Gasteiger partial charge in [0, 0.05) is 37.9 Å². The predicted octanol–water partition coefficient (Wildman–Crippen LogP) is 3.74. The number of amides is 2. The van der Waals surface area contributed by atoms with E-state index in [0.717, 1.165) is 56.2 Å². The Hall–Kier alpha value is -3.13. The first kappa shape index (κ1) is 24.0. The van der Waals surface area contributed by atoms with Gasteiger partial charge in [-0.1, -0.05) is 6.07 Å². The highest BCUT2D eigenvalue weighted by Gasteiger charge is 2.42. The monoisotopic (exact) mass is 480 g/mol. The number of piperidine rings is 1. The number of nitrogens with one attached hydrogen (secondary N) is 2. The number of aryl methyl sites for hydroxylation is 2. The lowest BCUT2D eigenvalue weighted by Crippen LogP contribution is -2.46. The molecule has 7 nitrogen and oxygen atoms in total. The van der Waals surface area contributed by atoms with E-state index in [1.165, 1.54) is 17.2 Å². The number of carbonyl (C=O) groups is 2. The Bertz CT molecular complexity index is 1050. The van der Waals surface area contributed by atoms with Crippen molar-refractivity contribution in [2.24, 2.45) is 5.41 Å². The van der Waals surface area contributed by atoms with E-state index in [1.807, 2.05) is 4.90 Å². The fourth-order valence-electron chi connectivity index (χ4n) is 4.87. The molecule has 2 saturated heterocycles. The lowest BCUT2D eigenvalue weighted by atomic mass is 9.78. The molecule has 4 rings (SSSR count). The van der Waals surface area contributed by atoms with Crippen molar-refractivity contribution in [3.05, 3.63) is 59.6 Å². The van der Waals surface area contributed by atoms with Crippen LogP contribution in [-0.4, -0.2) is 59.5 Å². The molecular formula is C26H32N4O3S. The van der Waals surface area contributed by atoms with Crippen LogP contribution in [0.3, 0.4) is 0 Å². The Morgan fingerprint density at radius 3 is 2.41 bits per heavy atom. The second-order valence-electron chi connectivity index (χ2n) is 9.43. The Balaban J connectivity index is 1.22. The van der Waals surface area contributed by atoms with E-state index in [2.05, 4.69) is 47.6 Å². The van der Waals surface area contributed by atoms with Crippen molar-refractivity contribution >= 4 is 40.9 Å². The van der Waals surface area contributed by atoms with Gasteiger partial charge >= 0.3 is 0 Å². The summed E-state index contributed by atoms with van der Waals surface area (Å²) in [5.74, 6) is 0.251. The molecule has 2 aliphatic heterocycles. The van der Waals surface area contributed by atoms with Crippen LogP contribution in [0.2, 0.25) is 0 Å². The molecule has 2 fully saturated rings. The van der Waals surface area contributed by atoms with E-state index in [0.29, 0.717) is 5.76 Å². The van der Waals surface area contributed by atoms with Crippen LogP contribution in [0.1, 0.15) is 36.1 Å². The molecular weight excluding hydrogens is 448 g/mol. The summed E-state index contributed by atoms with van der Waals surface area (Å²) in [5, 5.41) is 6.82. The van der Waals surface area contributed by atoms with Crippen LogP contribution in [0.4, 0.5) is 5.69 Å². The smallest absolute Gasteiger partial charge is 0.244 e. The first-order valence-electron chi connectivity index (χ1n) is 11.7. The minimum atomic E-state index is -0.309. The molecule has 1 spiro atoms. The molecule has 8 heteroatoms. The van der Waals surface area contributed by atoms with Crippen LogP contribution in [0, 0.1) is 19.3 Å². The molecule has 3 heterocycles. The number of thiocarbonyl (C=S) groups is 1. The third kappa shape index (κ3) is 6.05. The molecule has 0 unspecified atom stereocenters. The molecule has 2 N–H and O–H groups in total. The van der Waals surface area contributed by atoms with E-state index in [-0.39, 0.29) is 23.8 Å². The zero-order valence-corrected chi connectivity index (χ0v) is 20.6. The van der Waals surface area contributed by atoms with E-state index in [4.69, 9.17) is 16.6 Å². The van der Waals surface area contributed by atoms with Gasteiger partial charge in [0.15, 0.2) is 5.11 Å². The zero-order valence-electron chi connectivity index (χ0n) is 19.8. The second-order valence-corrected chi connectivity index (χ2v) is 9.81. The maximum atomic E-state index is 12.7. The number of rotatable bonds is 5. The summed E-state index contributed by atoms with van der Waals surface area (Å²) in [6, 6.07) is 9.88. The van der Waals surface area contributed by atoms with Gasteiger partial charge in [-0.3, -0.25) is 9.59 Å². The number of benzene rings is 1. The molecule has 34 heavy (non-hydrogen) atoms. The molecule has 0 bridgehead atoms. The van der Waals surface area contributed by atoms with Crippen molar-refractivity contribution in [2.75, 3.05) is 38.0 Å². The van der Waals surface area contributed by atoms with Gasteiger partial charge in [0.05, 0.1) is 12.8 Å². The second kappa shape index (κ2) is 10.4. The van der Waals surface area contributed by atoms with Crippen molar-refractivity contribution in [1.82, 2.24) is 15.1 Å². The molecule has 0 saturated carbocycles. The topological polar surface area (TPSA) is 77.8 Å². The van der Waals surface area contributed by atoms with Gasteiger partial charge in [-0.2, -0.15) is 0 Å². The van der Waals surface area contributed by atoms with Crippen molar-refractivity contribution in [3.8, 4) is 0 Å². The van der Waals surface area contributed by atoms with Gasteiger partial charge < -0.3 is 24.9 Å². The molecule has 2 aromatic rings. The molecule has 0 radical (unpaired) electrons. The van der Waals surface area contributed by atoms with Crippen LogP contribution in [0.25, 0.3) is 6.08 Å². The van der Waals surface area contributed by atoms with Gasteiger partial charge in [0.25, 0.3) is 0 Å². The SMILES string of the molecule is Cc1cc(C)cc(NC(=S)N2CCC3(CCN(C(=O)CNC(=O)C=Cc4ccco4)C3)CC2)c1. The van der Waals surface area contributed by atoms with E-state index in [9.17, 15) is 9.59 Å². The average Bonchev–Trinajstić information content (AvgIpc) is 3.46. The number of likely N-dealkylation sites (tertiary alicyclic amines) is 2. The predicted molar refractivity (Wildman–Crippen MR) is 137 cm³/mol. The zero-order chi connectivity index (χ0) is 24.1. The maximum absolute atomic E-state index is 12.7. The first-order chi connectivity index (χ1) is 16.3. The molecule has 2 aliphatic rings. The van der Waals surface area contributed by atoms with Gasteiger partial charge in [0.2, 0.25) is 11.8 Å². The Labute approximate surface area is 206 Å². The fourth-order valence-corrected chi connectivity index (χ4v) is 5.17. The number of hydrogen-bond acceptors (Lipinski definition) is 4. The summed E-state index contributed by atoms with van der Waals surface area (Å²) in [4.78, 5) is 28.8. The highest BCUT2D eigenvalue weighted by molar-refractivity contribution is 7.80. The van der Waals surface area contributed by atoms with Crippen molar-refractivity contribution in [3.63, 3.8) is 0 Å². The van der Waals surface area contributed by atoms with Crippen LogP contribution in [0.15, 0.2) is 47.1 Å². The van der Waals surface area contributed by atoms with Crippen LogP contribution >= 0.6 is 12.2 Å². The summed E-state index contributed by atoms with van der Waals surface area (Å²) in [6.07, 6.45) is 7.51. The number of hydrogen-bond donors (Lipinski definition) is 2. The normalized spacial score (nSPS) is 17.4. The Kier molecular flexibility index (Phi) is 7.36. The molecule has 1 aromatic heterocycles. The lowest BCUT2D eigenvalue weighted by Gasteiger charge is -2.40. The third-order valence-electron chi connectivity index (χ3n) is 6.73. The van der Waals surface area contributed by atoms with E-state index >= 15 is 0 Å². The quantitative estimate of drug-likeness (QED) is 0.502. The summed E-state index contributed by atoms with van der Waals surface area (Å²) in [6.45, 7) is 7.43. The first-order valence-corrected chi connectivity index (χ1v) is 12.1. The Morgan fingerprint density at radius 2 is 1.76 bits per heavy atom. The minimum Gasteiger partial charge on any atom is -0.465 e. The summed E-state index contributed by atoms with van der Waals surface area (Å²) in [7, 11) is 0. The van der Waals surface area contributed by atoms with Gasteiger partial charge in [0.1, 0.15) is 5.76 Å². The van der Waals surface area contributed by atoms with Crippen molar-refractivity contribution < 1.29 is 14.0 Å². The molecule has 2 amide bonds. The van der Waals surface area contributed by atoms with Crippen LogP contribution < -0.4 is 10.6 Å². The Morgan fingerprint density at radius 1 is 1.09 bits per heavy atom. The number of furan rings is 1. The molecule has 0 aliphatic carbocycles. The third-order valence-corrected chi connectivity index (χ3v) is 7.09.